The van der Waals surface area contributed by atoms with Crippen molar-refractivity contribution in [2.24, 2.45) is 22.7 Å². The normalized spacial score (nSPS) is 31.8. The Morgan fingerprint density at radius 3 is 2.30 bits per heavy atom. The average Bonchev–Trinajstić information content (AvgIpc) is 3.17. The molecule has 2 saturated heterocycles. The second kappa shape index (κ2) is 9.44. The first-order valence-electron chi connectivity index (χ1n) is 9.55. The molecule has 0 radical (unpaired) electrons. The van der Waals surface area contributed by atoms with Crippen molar-refractivity contribution in [1.82, 2.24) is 15.1 Å². The van der Waals surface area contributed by atoms with E-state index >= 15 is 0 Å². The molecule has 4 nitrogen and oxygen atoms in total. The van der Waals surface area contributed by atoms with Gasteiger partial charge in [-0.1, -0.05) is 19.8 Å². The maximum atomic E-state index is 5.01. The van der Waals surface area contributed by atoms with Gasteiger partial charge in [-0.2, -0.15) is 0 Å². The van der Waals surface area contributed by atoms with Crippen LogP contribution in [0.25, 0.3) is 0 Å². The summed E-state index contributed by atoms with van der Waals surface area (Å²) in [5, 5.41) is 3.55. The highest BCUT2D eigenvalue weighted by Gasteiger charge is 2.35. The smallest absolute Gasteiger partial charge is 0.193 e. The number of hydrogen-bond donors (Lipinski definition) is 1. The van der Waals surface area contributed by atoms with E-state index < -0.39 is 0 Å². The fourth-order valence-corrected chi connectivity index (χ4v) is 4.57. The van der Waals surface area contributed by atoms with Crippen LogP contribution in [0, 0.1) is 17.8 Å². The first-order chi connectivity index (χ1) is 10.8. The fourth-order valence-electron chi connectivity index (χ4n) is 4.57. The van der Waals surface area contributed by atoms with Crippen molar-refractivity contribution in [2.75, 3.05) is 45.8 Å². The van der Waals surface area contributed by atoms with Gasteiger partial charge in [0.25, 0.3) is 0 Å². The zero-order valence-electron chi connectivity index (χ0n) is 15.0. The van der Waals surface area contributed by atoms with Crippen molar-refractivity contribution in [1.29, 1.82) is 0 Å². The second-order valence-corrected chi connectivity index (χ2v) is 7.45. The van der Waals surface area contributed by atoms with Crippen LogP contribution in [0.3, 0.4) is 0 Å². The molecule has 3 aliphatic rings. The van der Waals surface area contributed by atoms with Crippen LogP contribution in [-0.4, -0.2) is 61.6 Å². The molecule has 3 fully saturated rings. The molecule has 0 aromatic rings. The standard InChI is InChI=1S/C18H34N4.HI/c1-3-19-18(20-11-15-9-10-21(4-2)12-15)22-13-16-7-5-6-8-17(16)14-22;/h15-17H,3-14H2,1-2H3,(H,19,20);1H. The summed E-state index contributed by atoms with van der Waals surface area (Å²) in [5.74, 6) is 3.81. The minimum absolute atomic E-state index is 0. The van der Waals surface area contributed by atoms with Crippen molar-refractivity contribution < 1.29 is 0 Å². The van der Waals surface area contributed by atoms with Crippen molar-refractivity contribution in [3.05, 3.63) is 0 Å². The zero-order chi connectivity index (χ0) is 15.4. The van der Waals surface area contributed by atoms with E-state index in [2.05, 4.69) is 29.0 Å². The van der Waals surface area contributed by atoms with Crippen molar-refractivity contribution >= 4 is 29.9 Å². The molecule has 2 heterocycles. The third-order valence-corrected chi connectivity index (χ3v) is 5.93. The van der Waals surface area contributed by atoms with Crippen molar-refractivity contribution in [2.45, 2.75) is 46.0 Å². The van der Waals surface area contributed by atoms with Crippen LogP contribution in [0.15, 0.2) is 4.99 Å². The van der Waals surface area contributed by atoms with Gasteiger partial charge in [0, 0.05) is 32.7 Å². The number of halogens is 1. The highest BCUT2D eigenvalue weighted by molar-refractivity contribution is 14.0. The average molecular weight is 434 g/mol. The van der Waals surface area contributed by atoms with Crippen LogP contribution in [-0.2, 0) is 0 Å². The lowest BCUT2D eigenvalue weighted by Gasteiger charge is -2.22. The summed E-state index contributed by atoms with van der Waals surface area (Å²) in [6.45, 7) is 12.6. The fraction of sp³-hybridized carbons (Fsp3) is 0.944. The molecular formula is C18H35IN4. The van der Waals surface area contributed by atoms with Gasteiger partial charge in [-0.05, 0) is 57.0 Å². The molecule has 1 aliphatic carbocycles. The summed E-state index contributed by atoms with van der Waals surface area (Å²) < 4.78 is 0. The molecule has 2 aliphatic heterocycles. The van der Waals surface area contributed by atoms with Gasteiger partial charge in [-0.3, -0.25) is 4.99 Å². The van der Waals surface area contributed by atoms with E-state index in [-0.39, 0.29) is 24.0 Å². The first-order valence-corrected chi connectivity index (χ1v) is 9.55. The molecular weight excluding hydrogens is 399 g/mol. The Labute approximate surface area is 159 Å². The number of nitrogens with zero attached hydrogens (tertiary/aromatic N) is 3. The number of rotatable bonds is 4. The number of guanidine groups is 1. The lowest BCUT2D eigenvalue weighted by Crippen LogP contribution is -2.40. The maximum absolute atomic E-state index is 5.01. The van der Waals surface area contributed by atoms with Crippen LogP contribution in [0.5, 0.6) is 0 Å². The van der Waals surface area contributed by atoms with Crippen LogP contribution < -0.4 is 5.32 Å². The number of hydrogen-bond acceptors (Lipinski definition) is 2. The van der Waals surface area contributed by atoms with Gasteiger partial charge in [0.15, 0.2) is 5.96 Å². The minimum atomic E-state index is 0. The Balaban J connectivity index is 0.00000192. The number of nitrogens with one attached hydrogen (secondary N) is 1. The molecule has 0 bridgehead atoms. The third-order valence-electron chi connectivity index (χ3n) is 5.93. The molecule has 134 valence electrons. The van der Waals surface area contributed by atoms with Gasteiger partial charge in [0.1, 0.15) is 0 Å². The van der Waals surface area contributed by atoms with E-state index in [0.717, 1.165) is 30.8 Å². The predicted octanol–water partition coefficient (Wildman–Crippen LogP) is 3.03. The minimum Gasteiger partial charge on any atom is -0.357 e. The number of aliphatic imine (C=N–C) groups is 1. The monoisotopic (exact) mass is 434 g/mol. The van der Waals surface area contributed by atoms with Gasteiger partial charge in [-0.25, -0.2) is 0 Å². The molecule has 0 aromatic heterocycles. The summed E-state index contributed by atoms with van der Waals surface area (Å²) >= 11 is 0. The van der Waals surface area contributed by atoms with Gasteiger partial charge < -0.3 is 15.1 Å². The molecule has 0 aromatic carbocycles. The van der Waals surface area contributed by atoms with Crippen LogP contribution >= 0.6 is 24.0 Å². The van der Waals surface area contributed by atoms with Crippen LogP contribution in [0.2, 0.25) is 0 Å². The number of fused-ring (bicyclic) bond motifs is 1. The molecule has 3 rings (SSSR count). The maximum Gasteiger partial charge on any atom is 0.193 e. The van der Waals surface area contributed by atoms with Crippen LogP contribution in [0.1, 0.15) is 46.0 Å². The van der Waals surface area contributed by atoms with Crippen molar-refractivity contribution in [3.8, 4) is 0 Å². The quantitative estimate of drug-likeness (QED) is 0.419. The Morgan fingerprint density at radius 1 is 1.04 bits per heavy atom. The molecule has 0 amide bonds. The molecule has 23 heavy (non-hydrogen) atoms. The number of likely N-dealkylation sites (tertiary alicyclic amines) is 2. The van der Waals surface area contributed by atoms with Crippen molar-refractivity contribution in [3.63, 3.8) is 0 Å². The first kappa shape index (κ1) is 19.3. The van der Waals surface area contributed by atoms with E-state index in [9.17, 15) is 0 Å². The van der Waals surface area contributed by atoms with E-state index in [1.807, 2.05) is 0 Å². The molecule has 1 saturated carbocycles. The van der Waals surface area contributed by atoms with Gasteiger partial charge in [0.05, 0.1) is 0 Å². The topological polar surface area (TPSA) is 30.9 Å². The second-order valence-electron chi connectivity index (χ2n) is 7.45. The Morgan fingerprint density at radius 2 is 1.74 bits per heavy atom. The SMILES string of the molecule is CCNC(=NCC1CCN(CC)C1)N1CC2CCCCC2C1.I. The Bertz CT molecular complexity index is 373. The lowest BCUT2D eigenvalue weighted by atomic mass is 9.82. The predicted molar refractivity (Wildman–Crippen MR) is 109 cm³/mol. The largest absolute Gasteiger partial charge is 0.357 e. The Kier molecular flexibility index (Phi) is 7.92. The van der Waals surface area contributed by atoms with E-state index in [4.69, 9.17) is 4.99 Å². The zero-order valence-corrected chi connectivity index (χ0v) is 17.3. The summed E-state index contributed by atoms with van der Waals surface area (Å²) in [6, 6.07) is 0. The van der Waals surface area contributed by atoms with Gasteiger partial charge in [-0.15, -0.1) is 24.0 Å². The van der Waals surface area contributed by atoms with E-state index in [1.54, 1.807) is 0 Å². The van der Waals surface area contributed by atoms with Gasteiger partial charge >= 0.3 is 0 Å². The highest BCUT2D eigenvalue weighted by Crippen LogP contribution is 2.36. The molecule has 3 atom stereocenters. The molecule has 0 spiro atoms. The molecule has 1 N–H and O–H groups in total. The molecule has 5 heteroatoms. The summed E-state index contributed by atoms with van der Waals surface area (Å²) in [7, 11) is 0. The lowest BCUT2D eigenvalue weighted by molar-refractivity contribution is 0.299. The molecule has 3 unspecified atom stereocenters. The summed E-state index contributed by atoms with van der Waals surface area (Å²) in [5.41, 5.74) is 0. The summed E-state index contributed by atoms with van der Waals surface area (Å²) in [4.78, 5) is 10.1. The van der Waals surface area contributed by atoms with E-state index in [1.165, 1.54) is 70.8 Å². The van der Waals surface area contributed by atoms with E-state index in [0.29, 0.717) is 0 Å². The van der Waals surface area contributed by atoms with Gasteiger partial charge in [0.2, 0.25) is 0 Å². The summed E-state index contributed by atoms with van der Waals surface area (Å²) in [6.07, 6.45) is 7.08. The highest BCUT2D eigenvalue weighted by atomic mass is 127. The van der Waals surface area contributed by atoms with Crippen LogP contribution in [0.4, 0.5) is 0 Å². The third kappa shape index (κ3) is 4.97. The Hall–Kier alpha value is -0.0400.